The van der Waals surface area contributed by atoms with E-state index in [1.54, 1.807) is 18.3 Å². The molecular formula is C9H9N3O. The van der Waals surface area contributed by atoms with E-state index in [2.05, 4.69) is 10.4 Å². The van der Waals surface area contributed by atoms with Gasteiger partial charge in [-0.25, -0.2) is 10.8 Å². The Bertz CT molecular complexity index is 442. The van der Waals surface area contributed by atoms with Crippen molar-refractivity contribution in [1.29, 1.82) is 0 Å². The fraction of sp³-hybridized carbons (Fsp3) is 0. The highest BCUT2D eigenvalue weighted by atomic mass is 16.3. The second-order valence-electron chi connectivity index (χ2n) is 2.71. The number of rotatable bonds is 1. The first-order valence-electron chi connectivity index (χ1n) is 3.85. The minimum Gasteiger partial charge on any atom is -0.508 e. The lowest BCUT2D eigenvalue weighted by Crippen LogP contribution is -2.08. The highest BCUT2D eigenvalue weighted by molar-refractivity contribution is 5.92. The van der Waals surface area contributed by atoms with Crippen molar-refractivity contribution in [3.05, 3.63) is 30.5 Å². The third-order valence-electron chi connectivity index (χ3n) is 1.89. The van der Waals surface area contributed by atoms with Crippen LogP contribution in [0.1, 0.15) is 0 Å². The molecule has 1 aromatic carbocycles. The van der Waals surface area contributed by atoms with Gasteiger partial charge in [0, 0.05) is 11.6 Å². The van der Waals surface area contributed by atoms with Gasteiger partial charge in [0.1, 0.15) is 11.6 Å². The Morgan fingerprint density at radius 2 is 2.15 bits per heavy atom. The maximum absolute atomic E-state index is 9.25. The van der Waals surface area contributed by atoms with Gasteiger partial charge in [-0.3, -0.25) is 0 Å². The zero-order chi connectivity index (χ0) is 9.26. The van der Waals surface area contributed by atoms with Crippen LogP contribution in [-0.2, 0) is 0 Å². The van der Waals surface area contributed by atoms with E-state index in [0.717, 1.165) is 10.8 Å². The first kappa shape index (κ1) is 7.82. The summed E-state index contributed by atoms with van der Waals surface area (Å²) >= 11 is 0. The van der Waals surface area contributed by atoms with Gasteiger partial charge in [-0.1, -0.05) is 6.07 Å². The minimum atomic E-state index is 0.206. The SMILES string of the molecule is NNc1nccc2ccc(O)cc12. The van der Waals surface area contributed by atoms with Crippen LogP contribution in [-0.4, -0.2) is 10.1 Å². The van der Waals surface area contributed by atoms with Gasteiger partial charge in [-0.2, -0.15) is 0 Å². The fourth-order valence-electron chi connectivity index (χ4n) is 1.27. The van der Waals surface area contributed by atoms with Crippen LogP contribution in [0, 0.1) is 0 Å². The average molecular weight is 175 g/mol. The summed E-state index contributed by atoms with van der Waals surface area (Å²) in [5.41, 5.74) is 2.47. The van der Waals surface area contributed by atoms with Gasteiger partial charge in [-0.15, -0.1) is 0 Å². The molecule has 66 valence electrons. The summed E-state index contributed by atoms with van der Waals surface area (Å²) in [4.78, 5) is 4.02. The number of anilines is 1. The van der Waals surface area contributed by atoms with Gasteiger partial charge in [0.15, 0.2) is 0 Å². The lowest BCUT2D eigenvalue weighted by atomic mass is 10.1. The van der Waals surface area contributed by atoms with Crippen LogP contribution in [0.2, 0.25) is 0 Å². The maximum Gasteiger partial charge on any atom is 0.147 e. The van der Waals surface area contributed by atoms with Crippen LogP contribution in [0.15, 0.2) is 30.5 Å². The van der Waals surface area contributed by atoms with E-state index in [0.29, 0.717) is 5.82 Å². The van der Waals surface area contributed by atoms with E-state index in [9.17, 15) is 5.11 Å². The number of hydrazine groups is 1. The molecule has 0 aliphatic carbocycles. The molecular weight excluding hydrogens is 166 g/mol. The average Bonchev–Trinajstić information content (AvgIpc) is 2.17. The molecule has 1 heterocycles. The van der Waals surface area contributed by atoms with Crippen LogP contribution >= 0.6 is 0 Å². The number of aromatic hydroxyl groups is 1. The second-order valence-corrected chi connectivity index (χ2v) is 2.71. The summed E-state index contributed by atoms with van der Waals surface area (Å²) in [6.07, 6.45) is 1.66. The molecule has 0 spiro atoms. The molecule has 4 N–H and O–H groups in total. The monoisotopic (exact) mass is 175 g/mol. The van der Waals surface area contributed by atoms with Crippen LogP contribution < -0.4 is 11.3 Å². The Morgan fingerprint density at radius 3 is 2.92 bits per heavy atom. The van der Waals surface area contributed by atoms with Gasteiger partial charge in [0.05, 0.1) is 0 Å². The largest absolute Gasteiger partial charge is 0.508 e. The minimum absolute atomic E-state index is 0.206. The number of hydrogen-bond donors (Lipinski definition) is 3. The highest BCUT2D eigenvalue weighted by Crippen LogP contribution is 2.24. The molecule has 0 fully saturated rings. The summed E-state index contributed by atoms with van der Waals surface area (Å²) in [6, 6.07) is 6.92. The Hall–Kier alpha value is -1.81. The molecule has 0 radical (unpaired) electrons. The number of fused-ring (bicyclic) bond motifs is 1. The number of nitrogen functional groups attached to an aromatic ring is 1. The Kier molecular flexibility index (Phi) is 1.75. The number of pyridine rings is 1. The number of phenolic OH excluding ortho intramolecular Hbond substituents is 1. The Morgan fingerprint density at radius 1 is 1.31 bits per heavy atom. The standard InChI is InChI=1S/C9H9N3O/c10-12-9-8-5-7(13)2-1-6(8)3-4-11-9/h1-5,13H,10H2,(H,11,12). The fourth-order valence-corrected chi connectivity index (χ4v) is 1.27. The third kappa shape index (κ3) is 1.27. The normalized spacial score (nSPS) is 10.2. The quantitative estimate of drug-likeness (QED) is 0.450. The molecule has 2 aromatic rings. The van der Waals surface area contributed by atoms with Gasteiger partial charge < -0.3 is 10.5 Å². The zero-order valence-electron chi connectivity index (χ0n) is 6.86. The molecule has 4 nitrogen and oxygen atoms in total. The van der Waals surface area contributed by atoms with Crippen molar-refractivity contribution >= 4 is 16.6 Å². The van der Waals surface area contributed by atoms with Crippen molar-refractivity contribution < 1.29 is 5.11 Å². The predicted molar refractivity (Wildman–Crippen MR) is 51.2 cm³/mol. The van der Waals surface area contributed by atoms with Crippen molar-refractivity contribution in [2.45, 2.75) is 0 Å². The Labute approximate surface area is 75.0 Å². The number of phenols is 1. The van der Waals surface area contributed by atoms with E-state index in [1.807, 2.05) is 12.1 Å². The molecule has 0 aliphatic heterocycles. The van der Waals surface area contributed by atoms with Gasteiger partial charge >= 0.3 is 0 Å². The predicted octanol–water partition coefficient (Wildman–Crippen LogP) is 1.23. The lowest BCUT2D eigenvalue weighted by Gasteiger charge is -2.03. The molecule has 0 saturated heterocycles. The molecule has 0 unspecified atom stereocenters. The number of aromatic nitrogens is 1. The van der Waals surface area contributed by atoms with Crippen molar-refractivity contribution in [2.75, 3.05) is 5.43 Å². The second kappa shape index (κ2) is 2.91. The molecule has 0 amide bonds. The topological polar surface area (TPSA) is 71.2 Å². The molecule has 0 saturated carbocycles. The number of hydrogen-bond acceptors (Lipinski definition) is 4. The molecule has 0 atom stereocenters. The van der Waals surface area contributed by atoms with E-state index < -0.39 is 0 Å². The third-order valence-corrected chi connectivity index (χ3v) is 1.89. The smallest absolute Gasteiger partial charge is 0.147 e. The highest BCUT2D eigenvalue weighted by Gasteiger charge is 2.00. The van der Waals surface area contributed by atoms with Crippen LogP contribution in [0.4, 0.5) is 5.82 Å². The lowest BCUT2D eigenvalue weighted by molar-refractivity contribution is 0.476. The molecule has 0 bridgehead atoms. The molecule has 13 heavy (non-hydrogen) atoms. The molecule has 0 aliphatic rings. The molecule has 1 aromatic heterocycles. The summed E-state index contributed by atoms with van der Waals surface area (Å²) in [5.74, 6) is 6.04. The van der Waals surface area contributed by atoms with Gasteiger partial charge in [0.25, 0.3) is 0 Å². The summed E-state index contributed by atoms with van der Waals surface area (Å²) < 4.78 is 0. The van der Waals surface area contributed by atoms with E-state index in [4.69, 9.17) is 5.84 Å². The van der Waals surface area contributed by atoms with Crippen LogP contribution in [0.25, 0.3) is 10.8 Å². The summed E-state index contributed by atoms with van der Waals surface area (Å²) in [5, 5.41) is 11.1. The first-order chi connectivity index (χ1) is 6.31. The van der Waals surface area contributed by atoms with Crippen molar-refractivity contribution in [3.8, 4) is 5.75 Å². The van der Waals surface area contributed by atoms with Gasteiger partial charge in [0.2, 0.25) is 0 Å². The van der Waals surface area contributed by atoms with E-state index in [1.165, 1.54) is 0 Å². The van der Waals surface area contributed by atoms with Crippen LogP contribution in [0.3, 0.4) is 0 Å². The summed E-state index contributed by atoms with van der Waals surface area (Å²) in [7, 11) is 0. The van der Waals surface area contributed by atoms with E-state index >= 15 is 0 Å². The number of nitrogens with two attached hydrogens (primary N) is 1. The maximum atomic E-state index is 9.25. The first-order valence-corrected chi connectivity index (χ1v) is 3.85. The van der Waals surface area contributed by atoms with Crippen molar-refractivity contribution in [2.24, 2.45) is 5.84 Å². The number of benzene rings is 1. The van der Waals surface area contributed by atoms with E-state index in [-0.39, 0.29) is 5.75 Å². The number of nitrogens with zero attached hydrogens (tertiary/aromatic N) is 1. The van der Waals surface area contributed by atoms with Gasteiger partial charge in [-0.05, 0) is 23.6 Å². The van der Waals surface area contributed by atoms with Crippen molar-refractivity contribution in [1.82, 2.24) is 4.98 Å². The summed E-state index contributed by atoms with van der Waals surface area (Å²) in [6.45, 7) is 0. The van der Waals surface area contributed by atoms with Crippen molar-refractivity contribution in [3.63, 3.8) is 0 Å². The zero-order valence-corrected chi connectivity index (χ0v) is 6.86. The van der Waals surface area contributed by atoms with Crippen LogP contribution in [0.5, 0.6) is 5.75 Å². The molecule has 4 heteroatoms. The number of nitrogens with one attached hydrogen (secondary N) is 1. The molecule has 2 rings (SSSR count). The Balaban J connectivity index is 2.79.